The maximum Gasteiger partial charge on any atom is 0.216 e. The van der Waals surface area contributed by atoms with Gasteiger partial charge in [0.05, 0.1) is 19.4 Å². The largest absolute Gasteiger partial charge is 0.486 e. The zero-order chi connectivity index (χ0) is 34.1. The second-order valence-electron chi connectivity index (χ2n) is 13.3. The SMILES string of the molecule is [2H]C([2H])(c1cc(-c2[c-]cccc2)ncc1[Si](C)(C)C)C(C)(C)C.[Ir].[c-]1ccc2c(oc3nc(-c4ccccc4)ccc32)c1-c1ccccn1. The number of fused-ring (bicyclic) bond motifs is 3. The Morgan fingerprint density at radius 3 is 2.21 bits per heavy atom. The molecule has 0 amide bonds. The van der Waals surface area contributed by atoms with Crippen LogP contribution in [0.1, 0.15) is 29.1 Å². The maximum atomic E-state index is 8.75. The minimum atomic E-state index is -1.70. The van der Waals surface area contributed by atoms with Crippen molar-refractivity contribution >= 4 is 35.3 Å². The zero-order valence-corrected chi connectivity index (χ0v) is 30.9. The van der Waals surface area contributed by atoms with Crippen LogP contribution >= 0.6 is 0 Å². The second-order valence-corrected chi connectivity index (χ2v) is 18.4. The first-order chi connectivity index (χ1) is 22.8. The number of hydrogen-bond acceptors (Lipinski definition) is 4. The molecule has 0 spiro atoms. The molecule has 0 aliphatic carbocycles. The molecule has 4 nitrogen and oxygen atoms in total. The van der Waals surface area contributed by atoms with Crippen LogP contribution in [0, 0.1) is 17.5 Å². The summed E-state index contributed by atoms with van der Waals surface area (Å²) in [5.74, 6) is 0. The fraction of sp³-hybridized carbons (Fsp3) is 0.195. The number of rotatable bonds is 5. The first-order valence-corrected chi connectivity index (χ1v) is 19.0. The zero-order valence-electron chi connectivity index (χ0n) is 29.6. The molecule has 47 heavy (non-hydrogen) atoms. The summed E-state index contributed by atoms with van der Waals surface area (Å²) in [6.07, 6.45) is 2.24. The fourth-order valence-electron chi connectivity index (χ4n) is 5.35. The minimum absolute atomic E-state index is 0. The Labute approximate surface area is 295 Å². The van der Waals surface area contributed by atoms with E-state index in [1.54, 1.807) is 6.20 Å². The minimum Gasteiger partial charge on any atom is -0.486 e. The molecule has 0 bridgehead atoms. The van der Waals surface area contributed by atoms with Gasteiger partial charge in [0.1, 0.15) is 0 Å². The molecule has 0 saturated heterocycles. The van der Waals surface area contributed by atoms with Gasteiger partial charge in [-0.3, -0.25) is 0 Å². The van der Waals surface area contributed by atoms with Crippen LogP contribution in [-0.2, 0) is 26.5 Å². The standard InChI is InChI=1S/C22H13N2O.C19H26NSi.Ir/c1-2-7-15(8-3-1)19-13-12-17-16-9-6-10-18(20-11-4-5-14-23-20)21(16)25-22(17)24-19;1-19(2,3)13-16-12-17(15-10-8-7-9-11-15)20-14-18(16)21(4,5)6;/h1-9,11-14H;7-10,12,14H,13H2,1-6H3;/q2*-1;/i;13D2;. The Morgan fingerprint density at radius 2 is 1.53 bits per heavy atom. The summed E-state index contributed by atoms with van der Waals surface area (Å²) in [5, 5.41) is 3.12. The van der Waals surface area contributed by atoms with Gasteiger partial charge < -0.3 is 14.4 Å². The van der Waals surface area contributed by atoms with Crippen molar-refractivity contribution in [3.05, 3.63) is 133 Å². The summed E-state index contributed by atoms with van der Waals surface area (Å²) in [5.41, 5.74) is 7.06. The number of benzene rings is 3. The molecule has 0 fully saturated rings. The number of hydrogen-bond donors (Lipinski definition) is 0. The number of aromatic nitrogens is 3. The summed E-state index contributed by atoms with van der Waals surface area (Å²) in [6.45, 7) is 12.6. The number of nitrogens with zero attached hydrogens (tertiary/aromatic N) is 3. The Hall–Kier alpha value is -4.22. The van der Waals surface area contributed by atoms with Crippen LogP contribution in [0.25, 0.3) is 55.8 Å². The quantitative estimate of drug-likeness (QED) is 0.128. The van der Waals surface area contributed by atoms with Crippen LogP contribution < -0.4 is 5.19 Å². The molecule has 4 heterocycles. The van der Waals surface area contributed by atoms with E-state index in [-0.39, 0.29) is 20.1 Å². The van der Waals surface area contributed by atoms with E-state index in [1.807, 2.05) is 124 Å². The van der Waals surface area contributed by atoms with E-state index in [4.69, 9.17) is 12.1 Å². The molecule has 0 aliphatic rings. The van der Waals surface area contributed by atoms with Crippen LogP contribution in [0.15, 0.2) is 120 Å². The molecule has 0 unspecified atom stereocenters. The third-order valence-electron chi connectivity index (χ3n) is 7.50. The van der Waals surface area contributed by atoms with Crippen molar-refractivity contribution in [1.82, 2.24) is 15.0 Å². The fourth-order valence-corrected chi connectivity index (χ4v) is 6.75. The van der Waals surface area contributed by atoms with Crippen molar-refractivity contribution in [3.63, 3.8) is 0 Å². The van der Waals surface area contributed by atoms with Crippen LogP contribution in [0.5, 0.6) is 0 Å². The molecular formula is C41H39IrN3OSi-2. The summed E-state index contributed by atoms with van der Waals surface area (Å²) in [6, 6.07) is 40.0. The molecule has 239 valence electrons. The van der Waals surface area contributed by atoms with Gasteiger partial charge in [-0.25, -0.2) is 4.98 Å². The number of pyridine rings is 3. The molecule has 3 aromatic carbocycles. The average molecular weight is 812 g/mol. The topological polar surface area (TPSA) is 51.8 Å². The van der Waals surface area contributed by atoms with Gasteiger partial charge in [-0.1, -0.05) is 105 Å². The summed E-state index contributed by atoms with van der Waals surface area (Å²) >= 11 is 0. The third kappa shape index (κ3) is 8.02. The molecule has 4 aromatic heterocycles. The van der Waals surface area contributed by atoms with Crippen molar-refractivity contribution in [2.45, 2.75) is 46.8 Å². The summed E-state index contributed by atoms with van der Waals surface area (Å²) in [7, 11) is -1.70. The van der Waals surface area contributed by atoms with Crippen molar-refractivity contribution in [3.8, 4) is 33.8 Å². The van der Waals surface area contributed by atoms with Gasteiger partial charge in [-0.05, 0) is 46.6 Å². The van der Waals surface area contributed by atoms with Gasteiger partial charge in [-0.2, -0.15) is 0 Å². The van der Waals surface area contributed by atoms with E-state index >= 15 is 0 Å². The molecule has 0 atom stereocenters. The average Bonchev–Trinajstić information content (AvgIpc) is 3.47. The van der Waals surface area contributed by atoms with Gasteiger partial charge in [0.25, 0.3) is 0 Å². The molecule has 7 aromatic rings. The van der Waals surface area contributed by atoms with E-state index in [1.165, 1.54) is 0 Å². The summed E-state index contributed by atoms with van der Waals surface area (Å²) in [4.78, 5) is 13.7. The smallest absolute Gasteiger partial charge is 0.216 e. The van der Waals surface area contributed by atoms with Crippen LogP contribution in [0.2, 0.25) is 19.6 Å². The van der Waals surface area contributed by atoms with Crippen molar-refractivity contribution < 1.29 is 27.3 Å². The molecule has 0 N–H and O–H groups in total. The van der Waals surface area contributed by atoms with Gasteiger partial charge in [-0.15, -0.1) is 54.1 Å². The van der Waals surface area contributed by atoms with Crippen molar-refractivity contribution in [1.29, 1.82) is 0 Å². The summed E-state index contributed by atoms with van der Waals surface area (Å²) < 4.78 is 23.6. The molecule has 0 aliphatic heterocycles. The maximum absolute atomic E-state index is 8.75. The van der Waals surface area contributed by atoms with Crippen molar-refractivity contribution in [2.75, 3.05) is 0 Å². The third-order valence-corrected chi connectivity index (χ3v) is 9.51. The Bertz CT molecular complexity index is 2180. The molecule has 1 radical (unpaired) electrons. The monoisotopic (exact) mass is 812 g/mol. The molecule has 7 rings (SSSR count). The Morgan fingerprint density at radius 1 is 0.766 bits per heavy atom. The first kappa shape index (κ1) is 31.4. The van der Waals surface area contributed by atoms with E-state index in [9.17, 15) is 0 Å². The molecule has 6 heteroatoms. The number of furan rings is 1. The van der Waals surface area contributed by atoms with E-state index in [2.05, 4.69) is 47.8 Å². The van der Waals surface area contributed by atoms with E-state index < -0.39 is 19.9 Å². The van der Waals surface area contributed by atoms with E-state index in [0.717, 1.165) is 60.9 Å². The first-order valence-electron chi connectivity index (χ1n) is 16.5. The Balaban J connectivity index is 0.000000188. The second kappa shape index (κ2) is 14.3. The van der Waals surface area contributed by atoms with Gasteiger partial charge >= 0.3 is 0 Å². The normalized spacial score (nSPS) is 12.5. The van der Waals surface area contributed by atoms with Crippen LogP contribution in [0.4, 0.5) is 0 Å². The Kier molecular flexibility index (Phi) is 9.53. The van der Waals surface area contributed by atoms with Crippen molar-refractivity contribution in [2.24, 2.45) is 5.41 Å². The molecular weight excluding hydrogens is 771 g/mol. The van der Waals surface area contributed by atoms with Gasteiger partial charge in [0.15, 0.2) is 0 Å². The van der Waals surface area contributed by atoms with Crippen LogP contribution in [0.3, 0.4) is 0 Å². The van der Waals surface area contributed by atoms with Crippen LogP contribution in [-0.4, -0.2) is 23.0 Å². The van der Waals surface area contributed by atoms with Gasteiger partial charge in [0, 0.05) is 46.2 Å². The predicted molar refractivity (Wildman–Crippen MR) is 194 cm³/mol. The van der Waals surface area contributed by atoms with E-state index in [0.29, 0.717) is 5.71 Å². The van der Waals surface area contributed by atoms with Gasteiger partial charge in [0.2, 0.25) is 5.71 Å². The predicted octanol–water partition coefficient (Wildman–Crippen LogP) is 10.2. The molecule has 0 saturated carbocycles.